The van der Waals surface area contributed by atoms with E-state index in [2.05, 4.69) is 14.8 Å². The molecule has 1 amide bonds. The highest BCUT2D eigenvalue weighted by Gasteiger charge is 2.20. The Balaban J connectivity index is 2.18. The molecule has 2 aromatic rings. The summed E-state index contributed by atoms with van der Waals surface area (Å²) < 4.78 is 56.0. The molecule has 0 saturated carbocycles. The van der Waals surface area contributed by atoms with Crippen LogP contribution in [0, 0.1) is 0 Å². The van der Waals surface area contributed by atoms with Crippen molar-refractivity contribution in [3.63, 3.8) is 0 Å². The first-order valence-electron chi connectivity index (χ1n) is 6.68. The zero-order chi connectivity index (χ0) is 17.7. The van der Waals surface area contributed by atoms with Crippen molar-refractivity contribution in [1.82, 2.24) is 5.32 Å². The van der Waals surface area contributed by atoms with Gasteiger partial charge in [-0.1, -0.05) is 12.1 Å². The Bertz CT molecular complexity index is 822. The Morgan fingerprint density at radius 2 is 1.96 bits per heavy atom. The molecule has 0 aliphatic rings. The molecule has 1 aromatic carbocycles. The first-order chi connectivity index (χ1) is 11.3. The third-order valence-corrected chi connectivity index (χ3v) is 5.70. The summed E-state index contributed by atoms with van der Waals surface area (Å²) in [6.45, 7) is -1.51. The van der Waals surface area contributed by atoms with Crippen LogP contribution in [0.5, 0.6) is 5.75 Å². The number of rotatable bonds is 7. The van der Waals surface area contributed by atoms with Crippen molar-refractivity contribution in [2.45, 2.75) is 24.3 Å². The maximum absolute atomic E-state index is 12.4. The zero-order valence-electron chi connectivity index (χ0n) is 12.5. The van der Waals surface area contributed by atoms with E-state index in [9.17, 15) is 22.0 Å². The van der Waals surface area contributed by atoms with Crippen LogP contribution in [0.3, 0.4) is 0 Å². The molecular formula is C14H14F2N2O4S2. The average Bonchev–Trinajstić information content (AvgIpc) is 2.96. The zero-order valence-corrected chi connectivity index (χ0v) is 14.1. The highest BCUT2D eigenvalue weighted by Crippen LogP contribution is 2.30. The van der Waals surface area contributed by atoms with E-state index in [4.69, 9.17) is 0 Å². The minimum atomic E-state index is -3.96. The topological polar surface area (TPSA) is 84.5 Å². The second kappa shape index (κ2) is 7.58. The Morgan fingerprint density at radius 1 is 1.25 bits per heavy atom. The number of anilines is 1. The molecule has 0 atom stereocenters. The van der Waals surface area contributed by atoms with Gasteiger partial charge in [0.1, 0.15) is 9.96 Å². The predicted molar refractivity (Wildman–Crippen MR) is 85.7 cm³/mol. The van der Waals surface area contributed by atoms with Gasteiger partial charge in [0.25, 0.3) is 10.0 Å². The van der Waals surface area contributed by atoms with E-state index in [1.807, 2.05) is 0 Å². The summed E-state index contributed by atoms with van der Waals surface area (Å²) in [4.78, 5) is 11.5. The molecule has 0 fully saturated rings. The molecule has 0 saturated heterocycles. The van der Waals surface area contributed by atoms with Crippen molar-refractivity contribution in [2.24, 2.45) is 0 Å². The van der Waals surface area contributed by atoms with Gasteiger partial charge in [0, 0.05) is 11.8 Å². The van der Waals surface area contributed by atoms with Gasteiger partial charge in [-0.05, 0) is 24.3 Å². The van der Waals surface area contributed by atoms with E-state index in [1.165, 1.54) is 37.3 Å². The summed E-state index contributed by atoms with van der Waals surface area (Å²) >= 11 is 0.967. The molecule has 2 N–H and O–H groups in total. The van der Waals surface area contributed by atoms with Crippen molar-refractivity contribution in [3.05, 3.63) is 41.3 Å². The molecule has 0 unspecified atom stereocenters. The van der Waals surface area contributed by atoms with Crippen LogP contribution in [0.4, 0.5) is 14.5 Å². The lowest BCUT2D eigenvalue weighted by Crippen LogP contribution is -2.18. The van der Waals surface area contributed by atoms with Crippen molar-refractivity contribution >= 4 is 33.0 Å². The number of carbonyl (C=O) groups excluding carboxylic acids is 1. The lowest BCUT2D eigenvalue weighted by atomic mass is 10.3. The Morgan fingerprint density at radius 3 is 2.62 bits per heavy atom. The van der Waals surface area contributed by atoms with E-state index in [1.54, 1.807) is 6.07 Å². The second-order valence-electron chi connectivity index (χ2n) is 4.61. The lowest BCUT2D eigenvalue weighted by Gasteiger charge is -2.12. The normalized spacial score (nSPS) is 11.3. The summed E-state index contributed by atoms with van der Waals surface area (Å²) in [6, 6.07) is 8.44. The predicted octanol–water partition coefficient (Wildman–Crippen LogP) is 2.79. The van der Waals surface area contributed by atoms with Crippen LogP contribution in [0.25, 0.3) is 0 Å². The van der Waals surface area contributed by atoms with Gasteiger partial charge in [-0.25, -0.2) is 8.42 Å². The van der Waals surface area contributed by atoms with Crippen molar-refractivity contribution in [1.29, 1.82) is 0 Å². The summed E-state index contributed by atoms with van der Waals surface area (Å²) in [6.07, 6.45) is 0. The lowest BCUT2D eigenvalue weighted by molar-refractivity contribution is -0.119. The number of halogens is 2. The summed E-state index contributed by atoms with van der Waals surface area (Å²) in [7, 11) is -3.96. The smallest absolute Gasteiger partial charge is 0.387 e. The van der Waals surface area contributed by atoms with Gasteiger partial charge < -0.3 is 10.1 Å². The maximum Gasteiger partial charge on any atom is 0.387 e. The van der Waals surface area contributed by atoms with Crippen LogP contribution in [-0.2, 0) is 21.4 Å². The molecule has 0 radical (unpaired) electrons. The monoisotopic (exact) mass is 376 g/mol. The molecular weight excluding hydrogens is 362 g/mol. The molecule has 0 aliphatic heterocycles. The first-order valence-corrected chi connectivity index (χ1v) is 8.98. The Hall–Kier alpha value is -2.20. The quantitative estimate of drug-likeness (QED) is 0.778. The number of nitrogens with one attached hydrogen (secondary N) is 2. The molecule has 1 aromatic heterocycles. The average molecular weight is 376 g/mol. The number of thiophene rings is 1. The van der Waals surface area contributed by atoms with Gasteiger partial charge in [0.05, 0.1) is 12.2 Å². The van der Waals surface area contributed by atoms with Gasteiger partial charge in [-0.3, -0.25) is 9.52 Å². The number of benzene rings is 1. The second-order valence-corrected chi connectivity index (χ2v) is 7.69. The van der Waals surface area contributed by atoms with E-state index >= 15 is 0 Å². The van der Waals surface area contributed by atoms with Gasteiger partial charge in [-0.2, -0.15) is 8.78 Å². The molecule has 130 valence electrons. The van der Waals surface area contributed by atoms with Crippen LogP contribution >= 0.6 is 11.3 Å². The fourth-order valence-electron chi connectivity index (χ4n) is 1.75. The van der Waals surface area contributed by atoms with Crippen LogP contribution in [0.2, 0.25) is 0 Å². The number of para-hydroxylation sites is 2. The summed E-state index contributed by atoms with van der Waals surface area (Å²) in [5.41, 5.74) is -0.0883. The molecule has 1 heterocycles. The van der Waals surface area contributed by atoms with Crippen LogP contribution in [-0.4, -0.2) is 20.9 Å². The minimum absolute atomic E-state index is 0.00491. The maximum atomic E-state index is 12.4. The van der Waals surface area contributed by atoms with E-state index < -0.39 is 16.6 Å². The van der Waals surface area contributed by atoms with E-state index in [0.717, 1.165) is 11.3 Å². The van der Waals surface area contributed by atoms with Crippen LogP contribution in [0.1, 0.15) is 11.8 Å². The number of carbonyl (C=O) groups is 1. The third-order valence-electron chi connectivity index (χ3n) is 2.76. The molecule has 2 rings (SSSR count). The number of hydrogen-bond acceptors (Lipinski definition) is 5. The minimum Gasteiger partial charge on any atom is -0.433 e. The van der Waals surface area contributed by atoms with E-state index in [-0.39, 0.29) is 28.1 Å². The fourth-order valence-corrected chi connectivity index (χ4v) is 4.12. The van der Waals surface area contributed by atoms with Gasteiger partial charge in [0.2, 0.25) is 5.91 Å². The van der Waals surface area contributed by atoms with Gasteiger partial charge in [-0.15, -0.1) is 11.3 Å². The fraction of sp³-hybridized carbons (Fsp3) is 0.214. The molecule has 0 bridgehead atoms. The van der Waals surface area contributed by atoms with Crippen molar-refractivity contribution in [3.8, 4) is 5.75 Å². The van der Waals surface area contributed by atoms with Crippen molar-refractivity contribution < 1.29 is 26.7 Å². The number of sulfonamides is 1. The number of alkyl halides is 2. The molecule has 10 heteroatoms. The number of ether oxygens (including phenoxy) is 1. The molecule has 0 spiro atoms. The molecule has 0 aliphatic carbocycles. The molecule has 6 nitrogen and oxygen atoms in total. The standard InChI is InChI=1S/C14H14F2N2O4S2/c1-9(19)17-8-10-6-7-13(23-10)24(20,21)18-11-4-2-3-5-12(11)22-14(15)16/h2-7,14,18H,8H2,1H3,(H,17,19). The Labute approximate surface area is 141 Å². The Kier molecular flexibility index (Phi) is 5.73. The van der Waals surface area contributed by atoms with Crippen LogP contribution in [0.15, 0.2) is 40.6 Å². The third kappa shape index (κ3) is 4.90. The summed E-state index contributed by atoms with van der Waals surface area (Å²) in [5, 5.41) is 2.56. The SMILES string of the molecule is CC(=O)NCc1ccc(S(=O)(=O)Nc2ccccc2OC(F)F)s1. The number of amides is 1. The largest absolute Gasteiger partial charge is 0.433 e. The molecule has 24 heavy (non-hydrogen) atoms. The van der Waals surface area contributed by atoms with Gasteiger partial charge in [0.15, 0.2) is 0 Å². The highest BCUT2D eigenvalue weighted by molar-refractivity contribution is 7.94. The van der Waals surface area contributed by atoms with Crippen molar-refractivity contribution in [2.75, 3.05) is 4.72 Å². The van der Waals surface area contributed by atoms with E-state index in [0.29, 0.717) is 4.88 Å². The number of hydrogen-bond donors (Lipinski definition) is 2. The first kappa shape index (κ1) is 18.1. The van der Waals surface area contributed by atoms with Crippen LogP contribution < -0.4 is 14.8 Å². The summed E-state index contributed by atoms with van der Waals surface area (Å²) in [5.74, 6) is -0.505. The highest BCUT2D eigenvalue weighted by atomic mass is 32.2. The van der Waals surface area contributed by atoms with Gasteiger partial charge >= 0.3 is 6.61 Å².